The lowest BCUT2D eigenvalue weighted by Gasteiger charge is -2.04. The molecule has 0 spiro atoms. The second kappa shape index (κ2) is 15.5. The van der Waals surface area contributed by atoms with Gasteiger partial charge in [0.2, 0.25) is 0 Å². The minimum atomic E-state index is -0.192. The van der Waals surface area contributed by atoms with Crippen LogP contribution in [-0.4, -0.2) is 26.3 Å². The maximum Gasteiger partial charge on any atom is 0.307 e. The van der Waals surface area contributed by atoms with Crippen molar-refractivity contribution in [3.05, 3.63) is 0 Å². The van der Waals surface area contributed by atoms with Gasteiger partial charge in [-0.25, -0.2) is 0 Å². The van der Waals surface area contributed by atoms with Gasteiger partial charge in [0, 0.05) is 6.61 Å². The standard InChI is InChI=1S/C16H32O3/c1-3-4-5-6-7-8-9-10-11-12-14-19-15-13-16(17)18-2/h3-15H2,1-2H3. The summed E-state index contributed by atoms with van der Waals surface area (Å²) in [5, 5.41) is 0. The zero-order chi connectivity index (χ0) is 14.2. The molecule has 0 radical (unpaired) electrons. The Morgan fingerprint density at radius 3 is 1.84 bits per heavy atom. The van der Waals surface area contributed by atoms with Gasteiger partial charge in [-0.05, 0) is 6.42 Å². The second-order valence-corrected chi connectivity index (χ2v) is 5.12. The highest BCUT2D eigenvalue weighted by atomic mass is 16.5. The lowest BCUT2D eigenvalue weighted by atomic mass is 10.1. The van der Waals surface area contributed by atoms with Crippen LogP contribution in [0.25, 0.3) is 0 Å². The van der Waals surface area contributed by atoms with Crippen molar-refractivity contribution in [3.8, 4) is 0 Å². The van der Waals surface area contributed by atoms with Crippen molar-refractivity contribution < 1.29 is 14.3 Å². The molecule has 0 amide bonds. The van der Waals surface area contributed by atoms with Crippen molar-refractivity contribution in [2.45, 2.75) is 77.6 Å². The number of carbonyl (C=O) groups is 1. The molecule has 3 heteroatoms. The van der Waals surface area contributed by atoms with Gasteiger partial charge in [-0.15, -0.1) is 0 Å². The van der Waals surface area contributed by atoms with E-state index < -0.39 is 0 Å². The zero-order valence-corrected chi connectivity index (χ0v) is 12.9. The topological polar surface area (TPSA) is 35.5 Å². The molecular weight excluding hydrogens is 240 g/mol. The largest absolute Gasteiger partial charge is 0.469 e. The van der Waals surface area contributed by atoms with Crippen LogP contribution >= 0.6 is 0 Å². The second-order valence-electron chi connectivity index (χ2n) is 5.12. The monoisotopic (exact) mass is 272 g/mol. The summed E-state index contributed by atoms with van der Waals surface area (Å²) in [6.07, 6.45) is 13.7. The third-order valence-electron chi connectivity index (χ3n) is 3.32. The van der Waals surface area contributed by atoms with Crippen LogP contribution in [0, 0.1) is 0 Å². The fraction of sp³-hybridized carbons (Fsp3) is 0.938. The van der Waals surface area contributed by atoms with Crippen molar-refractivity contribution in [2.24, 2.45) is 0 Å². The van der Waals surface area contributed by atoms with Crippen LogP contribution in [0.5, 0.6) is 0 Å². The molecule has 0 aromatic rings. The van der Waals surface area contributed by atoms with E-state index in [2.05, 4.69) is 11.7 Å². The Balaban J connectivity index is 2.97. The summed E-state index contributed by atoms with van der Waals surface area (Å²) in [6, 6.07) is 0. The molecule has 0 aliphatic rings. The predicted molar refractivity (Wildman–Crippen MR) is 79.3 cm³/mol. The number of hydrogen-bond acceptors (Lipinski definition) is 3. The lowest BCUT2D eigenvalue weighted by Crippen LogP contribution is -2.06. The Hall–Kier alpha value is -0.570. The van der Waals surface area contributed by atoms with Crippen LogP contribution in [0.3, 0.4) is 0 Å². The number of unbranched alkanes of at least 4 members (excludes halogenated alkanes) is 9. The van der Waals surface area contributed by atoms with Gasteiger partial charge in [0.25, 0.3) is 0 Å². The molecule has 0 aliphatic carbocycles. The highest BCUT2D eigenvalue weighted by molar-refractivity contribution is 5.69. The SMILES string of the molecule is CCCCCCCCCCCCOCCC(=O)OC. The Morgan fingerprint density at radius 1 is 0.789 bits per heavy atom. The van der Waals surface area contributed by atoms with E-state index in [4.69, 9.17) is 4.74 Å². The summed E-state index contributed by atoms with van der Waals surface area (Å²) in [4.78, 5) is 10.8. The maximum absolute atomic E-state index is 10.8. The lowest BCUT2D eigenvalue weighted by molar-refractivity contribution is -0.141. The first-order chi connectivity index (χ1) is 9.31. The van der Waals surface area contributed by atoms with Crippen molar-refractivity contribution >= 4 is 5.97 Å². The van der Waals surface area contributed by atoms with Crippen LogP contribution in [0.2, 0.25) is 0 Å². The Morgan fingerprint density at radius 2 is 1.32 bits per heavy atom. The smallest absolute Gasteiger partial charge is 0.307 e. The number of esters is 1. The number of hydrogen-bond donors (Lipinski definition) is 0. The molecule has 0 aromatic carbocycles. The Labute approximate surface area is 119 Å². The summed E-state index contributed by atoms with van der Waals surface area (Å²) in [5.74, 6) is -0.192. The molecule has 0 N–H and O–H groups in total. The van der Waals surface area contributed by atoms with Gasteiger partial charge in [0.15, 0.2) is 0 Å². The maximum atomic E-state index is 10.8. The van der Waals surface area contributed by atoms with Gasteiger partial charge in [-0.1, -0.05) is 64.7 Å². The van der Waals surface area contributed by atoms with Crippen molar-refractivity contribution in [3.63, 3.8) is 0 Å². The fourth-order valence-electron chi connectivity index (χ4n) is 2.05. The van der Waals surface area contributed by atoms with E-state index in [0.29, 0.717) is 13.0 Å². The molecule has 3 nitrogen and oxygen atoms in total. The van der Waals surface area contributed by atoms with E-state index in [1.54, 1.807) is 0 Å². The van der Waals surface area contributed by atoms with Gasteiger partial charge < -0.3 is 9.47 Å². The predicted octanol–water partition coefficient (Wildman–Crippen LogP) is 4.49. The van der Waals surface area contributed by atoms with Crippen LogP contribution in [0.1, 0.15) is 77.6 Å². The van der Waals surface area contributed by atoms with E-state index in [1.165, 1.54) is 64.9 Å². The van der Waals surface area contributed by atoms with Gasteiger partial charge >= 0.3 is 5.97 Å². The molecule has 0 saturated carbocycles. The van der Waals surface area contributed by atoms with Crippen LogP contribution < -0.4 is 0 Å². The molecule has 0 fully saturated rings. The highest BCUT2D eigenvalue weighted by Crippen LogP contribution is 2.10. The van der Waals surface area contributed by atoms with E-state index in [-0.39, 0.29) is 5.97 Å². The number of rotatable bonds is 14. The third-order valence-corrected chi connectivity index (χ3v) is 3.32. The fourth-order valence-corrected chi connectivity index (χ4v) is 2.05. The quantitative estimate of drug-likeness (QED) is 0.345. The third kappa shape index (κ3) is 15.4. The molecule has 0 heterocycles. The van der Waals surface area contributed by atoms with Crippen molar-refractivity contribution in [2.75, 3.05) is 20.3 Å². The van der Waals surface area contributed by atoms with Gasteiger partial charge in [0.1, 0.15) is 0 Å². The molecule has 0 unspecified atom stereocenters. The summed E-state index contributed by atoms with van der Waals surface area (Å²) in [5.41, 5.74) is 0. The zero-order valence-electron chi connectivity index (χ0n) is 12.9. The van der Waals surface area contributed by atoms with Crippen molar-refractivity contribution in [1.29, 1.82) is 0 Å². The summed E-state index contributed by atoms with van der Waals surface area (Å²) in [6.45, 7) is 3.52. The van der Waals surface area contributed by atoms with Gasteiger partial charge in [-0.3, -0.25) is 4.79 Å². The first kappa shape index (κ1) is 18.4. The average Bonchev–Trinajstić information content (AvgIpc) is 2.43. The highest BCUT2D eigenvalue weighted by Gasteiger charge is 1.99. The Kier molecular flexibility index (Phi) is 15.0. The number of methoxy groups -OCH3 is 1. The molecule has 114 valence electrons. The molecule has 0 atom stereocenters. The van der Waals surface area contributed by atoms with E-state index >= 15 is 0 Å². The minimum absolute atomic E-state index is 0.192. The van der Waals surface area contributed by atoms with Crippen LogP contribution in [-0.2, 0) is 14.3 Å². The normalized spacial score (nSPS) is 10.6. The summed E-state index contributed by atoms with van der Waals surface area (Å²) in [7, 11) is 1.41. The van der Waals surface area contributed by atoms with Gasteiger partial charge in [0.05, 0.1) is 20.1 Å². The molecule has 0 aromatic heterocycles. The molecule has 0 bridgehead atoms. The summed E-state index contributed by atoms with van der Waals surface area (Å²) >= 11 is 0. The molecule has 0 rings (SSSR count). The number of ether oxygens (including phenoxy) is 2. The first-order valence-corrected chi connectivity index (χ1v) is 7.95. The van der Waals surface area contributed by atoms with E-state index in [1.807, 2.05) is 0 Å². The van der Waals surface area contributed by atoms with E-state index in [9.17, 15) is 4.79 Å². The van der Waals surface area contributed by atoms with Crippen LogP contribution in [0.4, 0.5) is 0 Å². The molecular formula is C16H32O3. The summed E-state index contributed by atoms with van der Waals surface area (Å²) < 4.78 is 9.92. The first-order valence-electron chi connectivity index (χ1n) is 7.95. The number of carbonyl (C=O) groups excluding carboxylic acids is 1. The van der Waals surface area contributed by atoms with Gasteiger partial charge in [-0.2, -0.15) is 0 Å². The van der Waals surface area contributed by atoms with Crippen molar-refractivity contribution in [1.82, 2.24) is 0 Å². The molecule has 0 saturated heterocycles. The average molecular weight is 272 g/mol. The van der Waals surface area contributed by atoms with E-state index in [0.717, 1.165) is 13.0 Å². The molecule has 19 heavy (non-hydrogen) atoms. The minimum Gasteiger partial charge on any atom is -0.469 e. The Bertz CT molecular complexity index is 192. The molecule has 0 aliphatic heterocycles. The van der Waals surface area contributed by atoms with Crippen LogP contribution in [0.15, 0.2) is 0 Å².